The fourth-order valence-electron chi connectivity index (χ4n) is 3.84. The summed E-state index contributed by atoms with van der Waals surface area (Å²) in [7, 11) is 0. The van der Waals surface area contributed by atoms with Crippen LogP contribution in [0.5, 0.6) is 0 Å². The largest absolute Gasteiger partial charge is 0.481 e. The van der Waals surface area contributed by atoms with Crippen LogP contribution in [0, 0.1) is 11.3 Å². The summed E-state index contributed by atoms with van der Waals surface area (Å²) in [6.07, 6.45) is 2.53. The molecule has 2 unspecified atom stereocenters. The summed E-state index contributed by atoms with van der Waals surface area (Å²) in [4.78, 5) is 13.9. The predicted molar refractivity (Wildman–Crippen MR) is 66.1 cm³/mol. The van der Waals surface area contributed by atoms with E-state index < -0.39 is 17.0 Å². The molecule has 4 saturated heterocycles. The van der Waals surface area contributed by atoms with Gasteiger partial charge in [0.1, 0.15) is 5.41 Å². The number of fused-ring (bicyclic) bond motifs is 3. The maximum Gasteiger partial charge on any atom is 0.313 e. The Balaban J connectivity index is 1.98. The van der Waals surface area contributed by atoms with Gasteiger partial charge in [0, 0.05) is 12.3 Å². The van der Waals surface area contributed by atoms with Crippen molar-refractivity contribution in [2.24, 2.45) is 11.3 Å². The van der Waals surface area contributed by atoms with E-state index in [1.54, 1.807) is 11.8 Å². The SMILES string of the molecule is O=C(O)C1(C2(O)CN3CCC2CC3)CCSC1. The lowest BCUT2D eigenvalue weighted by molar-refractivity contribution is -0.199. The van der Waals surface area contributed by atoms with E-state index in [1.807, 2.05) is 0 Å². The number of carboxylic acid groups (broad SMARTS) is 1. The van der Waals surface area contributed by atoms with Crippen LogP contribution >= 0.6 is 11.8 Å². The van der Waals surface area contributed by atoms with Crippen LogP contribution in [-0.4, -0.2) is 57.8 Å². The van der Waals surface area contributed by atoms with Crippen molar-refractivity contribution in [3.05, 3.63) is 0 Å². The highest BCUT2D eigenvalue weighted by molar-refractivity contribution is 7.99. The second kappa shape index (κ2) is 3.87. The highest BCUT2D eigenvalue weighted by Crippen LogP contribution is 2.53. The Bertz CT molecular complexity index is 335. The molecule has 0 saturated carbocycles. The molecule has 0 radical (unpaired) electrons. The normalized spacial score (nSPS) is 49.5. The van der Waals surface area contributed by atoms with Crippen molar-refractivity contribution in [3.8, 4) is 0 Å². The summed E-state index contributed by atoms with van der Waals surface area (Å²) in [6, 6.07) is 0. The quantitative estimate of drug-likeness (QED) is 0.760. The molecule has 4 heterocycles. The average molecular weight is 257 g/mol. The first-order valence-corrected chi connectivity index (χ1v) is 7.50. The topological polar surface area (TPSA) is 60.8 Å². The van der Waals surface area contributed by atoms with Gasteiger partial charge < -0.3 is 15.1 Å². The summed E-state index contributed by atoms with van der Waals surface area (Å²) in [5.74, 6) is 0.825. The number of thioether (sulfide) groups is 1. The van der Waals surface area contributed by atoms with E-state index in [4.69, 9.17) is 0 Å². The smallest absolute Gasteiger partial charge is 0.313 e. The van der Waals surface area contributed by atoms with E-state index >= 15 is 0 Å². The van der Waals surface area contributed by atoms with Gasteiger partial charge in [-0.1, -0.05) is 0 Å². The van der Waals surface area contributed by atoms with Crippen molar-refractivity contribution in [2.45, 2.75) is 24.9 Å². The van der Waals surface area contributed by atoms with Gasteiger partial charge >= 0.3 is 5.97 Å². The van der Waals surface area contributed by atoms with Gasteiger partial charge in [-0.2, -0.15) is 11.8 Å². The molecule has 2 bridgehead atoms. The van der Waals surface area contributed by atoms with Crippen molar-refractivity contribution >= 4 is 17.7 Å². The summed E-state index contributed by atoms with van der Waals surface area (Å²) in [5.41, 5.74) is -1.90. The molecule has 4 aliphatic heterocycles. The highest BCUT2D eigenvalue weighted by atomic mass is 32.2. The minimum Gasteiger partial charge on any atom is -0.481 e. The third-order valence-electron chi connectivity index (χ3n) is 4.99. The Morgan fingerprint density at radius 2 is 2.06 bits per heavy atom. The first-order valence-electron chi connectivity index (χ1n) is 6.34. The van der Waals surface area contributed by atoms with E-state index in [9.17, 15) is 15.0 Å². The molecule has 0 aromatic rings. The van der Waals surface area contributed by atoms with Crippen LogP contribution in [0.1, 0.15) is 19.3 Å². The maximum atomic E-state index is 11.7. The zero-order chi connectivity index (χ0) is 12.1. The fraction of sp³-hybridized carbons (Fsp3) is 0.917. The summed E-state index contributed by atoms with van der Waals surface area (Å²) in [5, 5.41) is 20.7. The van der Waals surface area contributed by atoms with Crippen LogP contribution in [0.4, 0.5) is 0 Å². The summed E-state index contributed by atoms with van der Waals surface area (Å²) >= 11 is 1.67. The van der Waals surface area contributed by atoms with Gasteiger partial charge in [-0.15, -0.1) is 0 Å². The van der Waals surface area contributed by atoms with Gasteiger partial charge in [0.25, 0.3) is 0 Å². The molecule has 96 valence electrons. The third-order valence-corrected chi connectivity index (χ3v) is 6.18. The van der Waals surface area contributed by atoms with Crippen LogP contribution in [0.3, 0.4) is 0 Å². The minimum absolute atomic E-state index is 0.183. The number of hydrogen-bond donors (Lipinski definition) is 2. The number of carbonyl (C=O) groups is 1. The van der Waals surface area contributed by atoms with Crippen LogP contribution in [0.15, 0.2) is 0 Å². The number of rotatable bonds is 2. The van der Waals surface area contributed by atoms with Crippen molar-refractivity contribution in [3.63, 3.8) is 0 Å². The minimum atomic E-state index is -1.00. The molecule has 0 amide bonds. The summed E-state index contributed by atoms with van der Waals surface area (Å²) in [6.45, 7) is 2.61. The van der Waals surface area contributed by atoms with Gasteiger partial charge in [0.05, 0.1) is 5.60 Å². The van der Waals surface area contributed by atoms with E-state index in [0.717, 1.165) is 31.7 Å². The monoisotopic (exact) mass is 257 g/mol. The van der Waals surface area contributed by atoms with Crippen molar-refractivity contribution in [2.75, 3.05) is 31.1 Å². The van der Waals surface area contributed by atoms with Gasteiger partial charge in [-0.25, -0.2) is 0 Å². The Hall–Kier alpha value is -0.260. The van der Waals surface area contributed by atoms with E-state index in [-0.39, 0.29) is 5.92 Å². The molecule has 4 rings (SSSR count). The number of piperidine rings is 3. The molecule has 17 heavy (non-hydrogen) atoms. The molecule has 5 heteroatoms. The van der Waals surface area contributed by atoms with E-state index in [0.29, 0.717) is 18.7 Å². The van der Waals surface area contributed by atoms with Crippen molar-refractivity contribution in [1.29, 1.82) is 0 Å². The lowest BCUT2D eigenvalue weighted by atomic mass is 9.60. The van der Waals surface area contributed by atoms with Crippen LogP contribution in [0.25, 0.3) is 0 Å². The van der Waals surface area contributed by atoms with Crippen LogP contribution in [-0.2, 0) is 4.79 Å². The summed E-state index contributed by atoms with van der Waals surface area (Å²) < 4.78 is 0. The van der Waals surface area contributed by atoms with Gasteiger partial charge in [0.15, 0.2) is 0 Å². The molecule has 4 aliphatic rings. The lowest BCUT2D eigenvalue weighted by Gasteiger charge is -2.56. The Morgan fingerprint density at radius 3 is 2.47 bits per heavy atom. The van der Waals surface area contributed by atoms with Crippen molar-refractivity contribution in [1.82, 2.24) is 4.90 Å². The molecule has 4 fully saturated rings. The van der Waals surface area contributed by atoms with E-state index in [1.165, 1.54) is 0 Å². The van der Waals surface area contributed by atoms with Crippen LogP contribution in [0.2, 0.25) is 0 Å². The molecule has 0 aromatic carbocycles. The molecule has 0 aliphatic carbocycles. The molecular weight excluding hydrogens is 238 g/mol. The van der Waals surface area contributed by atoms with E-state index in [2.05, 4.69) is 4.90 Å². The van der Waals surface area contributed by atoms with Crippen LogP contribution < -0.4 is 0 Å². The third kappa shape index (κ3) is 1.48. The highest BCUT2D eigenvalue weighted by Gasteiger charge is 2.63. The number of aliphatic carboxylic acids is 1. The molecule has 4 nitrogen and oxygen atoms in total. The average Bonchev–Trinajstić information content (AvgIpc) is 2.80. The Kier molecular flexibility index (Phi) is 2.69. The first kappa shape index (κ1) is 11.8. The standard InChI is InChI=1S/C12H19NO3S/c14-10(15)11(3-6-17-8-11)12(16)7-13-4-1-9(12)2-5-13/h9,16H,1-8H2,(H,14,15). The second-order valence-electron chi connectivity index (χ2n) is 5.66. The van der Waals surface area contributed by atoms with Gasteiger partial charge in [0.2, 0.25) is 0 Å². The van der Waals surface area contributed by atoms with Gasteiger partial charge in [-0.3, -0.25) is 4.79 Å². The fourth-order valence-corrected chi connectivity index (χ4v) is 5.34. The molecular formula is C12H19NO3S. The lowest BCUT2D eigenvalue weighted by Crippen LogP contribution is -2.68. The molecule has 0 aromatic heterocycles. The van der Waals surface area contributed by atoms with Gasteiger partial charge in [-0.05, 0) is 44.0 Å². The zero-order valence-electron chi connectivity index (χ0n) is 9.89. The molecule has 2 atom stereocenters. The molecule has 2 N–H and O–H groups in total. The Morgan fingerprint density at radius 1 is 1.35 bits per heavy atom. The maximum absolute atomic E-state index is 11.7. The number of aliphatic hydroxyl groups is 1. The zero-order valence-corrected chi connectivity index (χ0v) is 10.7. The Labute approximate surface area is 105 Å². The first-order chi connectivity index (χ1) is 8.08. The van der Waals surface area contributed by atoms with Crippen molar-refractivity contribution < 1.29 is 15.0 Å². The predicted octanol–water partition coefficient (Wildman–Crippen LogP) is 0.651. The number of nitrogens with zero attached hydrogens (tertiary/aromatic N) is 1. The number of hydrogen-bond acceptors (Lipinski definition) is 4. The number of carboxylic acids is 1. The molecule has 0 spiro atoms. The second-order valence-corrected chi connectivity index (χ2v) is 6.77.